The summed E-state index contributed by atoms with van der Waals surface area (Å²) < 4.78 is 5.43. The van der Waals surface area contributed by atoms with Gasteiger partial charge in [0.15, 0.2) is 0 Å². The lowest BCUT2D eigenvalue weighted by Gasteiger charge is -2.53. The molecular formula is C22H26N2O2. The minimum absolute atomic E-state index is 0.0809. The molecule has 1 saturated heterocycles. The Hall–Kier alpha value is -2.07. The van der Waals surface area contributed by atoms with Crippen LogP contribution in [0.3, 0.4) is 0 Å². The smallest absolute Gasteiger partial charge is 0.319 e. The van der Waals surface area contributed by atoms with Crippen molar-refractivity contribution in [3.63, 3.8) is 0 Å². The molecular weight excluding hydrogens is 324 g/mol. The lowest BCUT2D eigenvalue weighted by molar-refractivity contribution is -0.153. The van der Waals surface area contributed by atoms with E-state index in [0.717, 1.165) is 43.6 Å². The van der Waals surface area contributed by atoms with Gasteiger partial charge in [-0.05, 0) is 49.8 Å². The zero-order chi connectivity index (χ0) is 18.1. The number of rotatable bonds is 2. The summed E-state index contributed by atoms with van der Waals surface area (Å²) in [7, 11) is 1.54. The van der Waals surface area contributed by atoms with Gasteiger partial charge in [-0.3, -0.25) is 9.69 Å². The van der Waals surface area contributed by atoms with E-state index in [4.69, 9.17) is 4.74 Å². The summed E-state index contributed by atoms with van der Waals surface area (Å²) in [5.74, 6) is 0.343. The molecule has 4 aliphatic rings. The number of esters is 1. The maximum Gasteiger partial charge on any atom is 0.319 e. The van der Waals surface area contributed by atoms with Crippen LogP contribution in [0, 0.1) is 12.8 Å². The number of benzene rings is 1. The molecule has 1 N–H and O–H groups in total. The lowest BCUT2D eigenvalue weighted by Crippen LogP contribution is -2.63. The molecule has 4 nitrogen and oxygen atoms in total. The molecule has 0 amide bonds. The number of H-pyrrole nitrogens is 1. The van der Waals surface area contributed by atoms with Gasteiger partial charge in [-0.1, -0.05) is 30.2 Å². The van der Waals surface area contributed by atoms with E-state index >= 15 is 0 Å². The molecule has 136 valence electrons. The van der Waals surface area contributed by atoms with Gasteiger partial charge in [-0.15, -0.1) is 0 Å². The Morgan fingerprint density at radius 2 is 2.27 bits per heavy atom. The molecule has 0 radical (unpaired) electrons. The van der Waals surface area contributed by atoms with Crippen LogP contribution >= 0.6 is 0 Å². The first-order chi connectivity index (χ1) is 12.6. The summed E-state index contributed by atoms with van der Waals surface area (Å²) in [6.45, 7) is 6.41. The first-order valence-electron chi connectivity index (χ1n) is 9.73. The van der Waals surface area contributed by atoms with Gasteiger partial charge < -0.3 is 9.72 Å². The van der Waals surface area contributed by atoms with Crippen LogP contribution < -0.4 is 0 Å². The highest BCUT2D eigenvalue weighted by Gasteiger charge is 2.60. The SMILES string of the molecule is CCC1=CC2CN3CCc4c([nH]c5ccc(C)cc45)C(C(=O)OC)(C2)C13. The molecule has 1 aromatic carbocycles. The van der Waals surface area contributed by atoms with Crippen LogP contribution in [-0.4, -0.2) is 42.1 Å². The van der Waals surface area contributed by atoms with E-state index in [1.165, 1.54) is 29.2 Å². The second-order valence-electron chi connectivity index (χ2n) is 8.20. The number of aromatic nitrogens is 1. The van der Waals surface area contributed by atoms with Crippen molar-refractivity contribution in [2.75, 3.05) is 20.2 Å². The molecule has 4 atom stereocenters. The highest BCUT2D eigenvalue weighted by molar-refractivity contribution is 5.92. The average molecular weight is 350 g/mol. The fourth-order valence-electron chi connectivity index (χ4n) is 5.87. The van der Waals surface area contributed by atoms with E-state index in [2.05, 4.69) is 48.0 Å². The minimum atomic E-state index is -0.601. The summed E-state index contributed by atoms with van der Waals surface area (Å²) in [4.78, 5) is 19.5. The molecule has 4 heteroatoms. The Balaban J connectivity index is 1.83. The Morgan fingerprint density at radius 1 is 1.42 bits per heavy atom. The maximum atomic E-state index is 13.3. The van der Waals surface area contributed by atoms with Crippen molar-refractivity contribution >= 4 is 16.9 Å². The lowest BCUT2D eigenvalue weighted by atomic mass is 9.60. The second-order valence-corrected chi connectivity index (χ2v) is 8.20. The topological polar surface area (TPSA) is 45.3 Å². The number of nitrogens with zero attached hydrogens (tertiary/aromatic N) is 1. The molecule has 4 heterocycles. The molecule has 2 aromatic rings. The van der Waals surface area contributed by atoms with Gasteiger partial charge in [0.25, 0.3) is 0 Å². The van der Waals surface area contributed by atoms with Gasteiger partial charge >= 0.3 is 5.97 Å². The molecule has 0 saturated carbocycles. The number of aryl methyl sites for hydroxylation is 1. The fraction of sp³-hybridized carbons (Fsp3) is 0.500. The summed E-state index contributed by atoms with van der Waals surface area (Å²) >= 11 is 0. The summed E-state index contributed by atoms with van der Waals surface area (Å²) in [5, 5.41) is 1.27. The first kappa shape index (κ1) is 16.1. The number of carbonyl (C=O) groups excluding carboxylic acids is 1. The van der Waals surface area contributed by atoms with Gasteiger partial charge in [-0.2, -0.15) is 0 Å². The van der Waals surface area contributed by atoms with E-state index in [0.29, 0.717) is 5.92 Å². The van der Waals surface area contributed by atoms with Gasteiger partial charge in [-0.25, -0.2) is 0 Å². The van der Waals surface area contributed by atoms with E-state index in [1.807, 2.05) is 0 Å². The predicted molar refractivity (Wildman–Crippen MR) is 102 cm³/mol. The van der Waals surface area contributed by atoms with E-state index in [1.54, 1.807) is 0 Å². The molecule has 1 aromatic heterocycles. The van der Waals surface area contributed by atoms with Crippen molar-refractivity contribution in [2.45, 2.75) is 44.6 Å². The number of hydrogen-bond donors (Lipinski definition) is 1. The van der Waals surface area contributed by atoms with Gasteiger partial charge in [0.1, 0.15) is 5.41 Å². The van der Waals surface area contributed by atoms with Crippen molar-refractivity contribution in [1.82, 2.24) is 9.88 Å². The van der Waals surface area contributed by atoms with E-state index < -0.39 is 5.41 Å². The van der Waals surface area contributed by atoms with Crippen LogP contribution in [0.2, 0.25) is 0 Å². The van der Waals surface area contributed by atoms with Crippen molar-refractivity contribution in [2.24, 2.45) is 5.92 Å². The molecule has 3 aliphatic heterocycles. The largest absolute Gasteiger partial charge is 0.468 e. The highest BCUT2D eigenvalue weighted by atomic mass is 16.5. The molecule has 6 rings (SSSR count). The van der Waals surface area contributed by atoms with Crippen LogP contribution in [0.1, 0.15) is 36.6 Å². The van der Waals surface area contributed by atoms with E-state index in [-0.39, 0.29) is 12.0 Å². The highest BCUT2D eigenvalue weighted by Crippen LogP contribution is 2.53. The van der Waals surface area contributed by atoms with Gasteiger partial charge in [0.05, 0.1) is 13.2 Å². The molecule has 4 unspecified atom stereocenters. The Kier molecular flexibility index (Phi) is 3.39. The Morgan fingerprint density at radius 3 is 3.04 bits per heavy atom. The molecule has 0 spiro atoms. The Bertz CT molecular complexity index is 941. The van der Waals surface area contributed by atoms with Crippen molar-refractivity contribution in [1.29, 1.82) is 0 Å². The number of aromatic amines is 1. The van der Waals surface area contributed by atoms with Crippen LogP contribution in [0.4, 0.5) is 0 Å². The van der Waals surface area contributed by atoms with Crippen molar-refractivity contribution in [3.05, 3.63) is 46.7 Å². The second kappa shape index (κ2) is 5.46. The third-order valence-corrected chi connectivity index (χ3v) is 6.80. The molecule has 1 fully saturated rings. The quantitative estimate of drug-likeness (QED) is 0.666. The maximum absolute atomic E-state index is 13.3. The van der Waals surface area contributed by atoms with Gasteiger partial charge in [0, 0.05) is 29.7 Å². The third-order valence-electron chi connectivity index (χ3n) is 6.80. The first-order valence-corrected chi connectivity index (χ1v) is 9.73. The van der Waals surface area contributed by atoms with Crippen LogP contribution in [0.25, 0.3) is 10.9 Å². The normalized spacial score (nSPS) is 32.1. The number of ether oxygens (including phenoxy) is 1. The molecule has 26 heavy (non-hydrogen) atoms. The summed E-state index contributed by atoms with van der Waals surface area (Å²) in [6, 6.07) is 6.68. The Labute approximate surface area is 154 Å². The zero-order valence-electron chi connectivity index (χ0n) is 15.8. The number of piperidine rings is 1. The predicted octanol–water partition coefficient (Wildman–Crippen LogP) is 3.48. The average Bonchev–Trinajstić information content (AvgIpc) is 2.98. The number of nitrogens with one attached hydrogen (secondary N) is 1. The summed E-state index contributed by atoms with van der Waals surface area (Å²) in [6.07, 6.45) is 5.26. The van der Waals surface area contributed by atoms with Gasteiger partial charge in [0.2, 0.25) is 0 Å². The minimum Gasteiger partial charge on any atom is -0.468 e. The third kappa shape index (κ3) is 1.91. The van der Waals surface area contributed by atoms with Crippen LogP contribution in [0.5, 0.6) is 0 Å². The van der Waals surface area contributed by atoms with Crippen molar-refractivity contribution in [3.8, 4) is 0 Å². The number of hydrogen-bond acceptors (Lipinski definition) is 3. The number of carbonyl (C=O) groups is 1. The summed E-state index contributed by atoms with van der Waals surface area (Å²) in [5.41, 5.74) is 5.63. The monoisotopic (exact) mass is 350 g/mol. The van der Waals surface area contributed by atoms with Crippen LogP contribution in [0.15, 0.2) is 29.8 Å². The van der Waals surface area contributed by atoms with Crippen molar-refractivity contribution < 1.29 is 9.53 Å². The number of methoxy groups -OCH3 is 1. The molecule has 1 aliphatic carbocycles. The standard InChI is InChI=1S/C22H26N2O2/c1-4-15-10-14-11-22(21(25)26-3)19-16(7-8-24(12-14)20(15)22)17-9-13(2)5-6-18(17)23-19/h5-6,9-10,14,20,23H,4,7-8,11-12H2,1-3H3. The van der Waals surface area contributed by atoms with Crippen LogP contribution in [-0.2, 0) is 21.4 Å². The fourth-order valence-corrected chi connectivity index (χ4v) is 5.87. The molecule has 4 bridgehead atoms. The number of fused-ring (bicyclic) bond motifs is 3. The zero-order valence-corrected chi connectivity index (χ0v) is 15.8. The van der Waals surface area contributed by atoms with E-state index in [9.17, 15) is 4.79 Å².